The molecule has 0 saturated heterocycles. The minimum atomic E-state index is 0.293. The Morgan fingerprint density at radius 3 is 2.56 bits per heavy atom. The Kier molecular flexibility index (Phi) is 10.4. The van der Waals surface area contributed by atoms with Gasteiger partial charge < -0.3 is 15.4 Å². The van der Waals surface area contributed by atoms with Gasteiger partial charge in [0.25, 0.3) is 0 Å². The van der Waals surface area contributed by atoms with Crippen molar-refractivity contribution in [2.24, 2.45) is 10.9 Å². The average Bonchev–Trinajstić information content (AvgIpc) is 2.34. The summed E-state index contributed by atoms with van der Waals surface area (Å²) in [5, 5.41) is 6.39. The number of hydrogen-bond donors (Lipinski definition) is 2. The van der Waals surface area contributed by atoms with Crippen LogP contribution < -0.4 is 10.6 Å². The molecule has 4 nitrogen and oxygen atoms in total. The number of guanidine groups is 1. The fourth-order valence-corrected chi connectivity index (χ4v) is 1.64. The highest BCUT2D eigenvalue weighted by atomic mass is 16.5. The molecule has 18 heavy (non-hydrogen) atoms. The van der Waals surface area contributed by atoms with Crippen molar-refractivity contribution in [1.82, 2.24) is 10.6 Å². The normalized spacial score (nSPS) is 13.5. The van der Waals surface area contributed by atoms with Crippen LogP contribution in [0.5, 0.6) is 0 Å². The Balaban J connectivity index is 4.15. The van der Waals surface area contributed by atoms with Crippen molar-refractivity contribution >= 4 is 5.96 Å². The summed E-state index contributed by atoms with van der Waals surface area (Å²) in [5.41, 5.74) is 0. The first-order valence-electron chi connectivity index (χ1n) is 6.90. The van der Waals surface area contributed by atoms with Crippen LogP contribution >= 0.6 is 0 Å². The summed E-state index contributed by atoms with van der Waals surface area (Å²) in [6.45, 7) is 15.3. The van der Waals surface area contributed by atoms with Crippen LogP contribution in [-0.2, 0) is 4.74 Å². The molecule has 0 heterocycles. The number of nitrogens with one attached hydrogen (secondary N) is 2. The van der Waals surface area contributed by atoms with Crippen LogP contribution in [0.2, 0.25) is 0 Å². The van der Waals surface area contributed by atoms with Gasteiger partial charge in [0, 0.05) is 26.2 Å². The molecule has 0 aliphatic heterocycles. The number of ether oxygens (including phenoxy) is 1. The second-order valence-corrected chi connectivity index (χ2v) is 4.46. The maximum Gasteiger partial charge on any atom is 0.191 e. The van der Waals surface area contributed by atoms with Crippen molar-refractivity contribution in [2.45, 2.75) is 40.2 Å². The maximum atomic E-state index is 5.70. The van der Waals surface area contributed by atoms with Gasteiger partial charge in [0.2, 0.25) is 0 Å². The summed E-state index contributed by atoms with van der Waals surface area (Å²) in [4.78, 5) is 4.52. The third-order valence-electron chi connectivity index (χ3n) is 2.57. The van der Waals surface area contributed by atoms with E-state index in [9.17, 15) is 0 Å². The first kappa shape index (κ1) is 17.0. The highest BCUT2D eigenvalue weighted by molar-refractivity contribution is 5.79. The summed E-state index contributed by atoms with van der Waals surface area (Å²) in [6, 6.07) is 0. The van der Waals surface area contributed by atoms with Crippen LogP contribution in [0.3, 0.4) is 0 Å². The number of nitrogens with zero attached hydrogens (tertiary/aromatic N) is 1. The Morgan fingerprint density at radius 1 is 1.33 bits per heavy atom. The van der Waals surface area contributed by atoms with Crippen molar-refractivity contribution < 1.29 is 4.74 Å². The van der Waals surface area contributed by atoms with E-state index in [4.69, 9.17) is 4.74 Å². The third kappa shape index (κ3) is 8.12. The van der Waals surface area contributed by atoms with Crippen molar-refractivity contribution in [1.29, 1.82) is 0 Å². The Morgan fingerprint density at radius 2 is 2.06 bits per heavy atom. The Labute approximate surface area is 112 Å². The van der Waals surface area contributed by atoms with E-state index in [-0.39, 0.29) is 0 Å². The summed E-state index contributed by atoms with van der Waals surface area (Å²) >= 11 is 0. The predicted octanol–water partition coefficient (Wildman–Crippen LogP) is 2.18. The number of rotatable bonds is 9. The monoisotopic (exact) mass is 255 g/mol. The molecule has 4 heteroatoms. The van der Waals surface area contributed by atoms with Crippen LogP contribution in [0.1, 0.15) is 34.1 Å². The molecule has 0 aromatic rings. The Hall–Kier alpha value is -1.03. The molecule has 0 radical (unpaired) electrons. The predicted molar refractivity (Wildman–Crippen MR) is 79.0 cm³/mol. The quantitative estimate of drug-likeness (QED) is 0.377. The molecule has 0 rings (SSSR count). The highest BCUT2D eigenvalue weighted by Crippen LogP contribution is 2.10. The summed E-state index contributed by atoms with van der Waals surface area (Å²) in [5.74, 6) is 1.38. The second kappa shape index (κ2) is 11.1. The molecule has 1 unspecified atom stereocenters. The minimum absolute atomic E-state index is 0.293. The molecule has 0 bridgehead atoms. The van der Waals surface area contributed by atoms with Gasteiger partial charge in [-0.2, -0.15) is 0 Å². The van der Waals surface area contributed by atoms with E-state index < -0.39 is 0 Å². The first-order chi connectivity index (χ1) is 8.65. The fourth-order valence-electron chi connectivity index (χ4n) is 1.64. The lowest BCUT2D eigenvalue weighted by Gasteiger charge is -2.20. The lowest BCUT2D eigenvalue weighted by atomic mass is 10.0. The molecule has 0 aliphatic rings. The zero-order valence-electron chi connectivity index (χ0n) is 12.3. The van der Waals surface area contributed by atoms with E-state index in [2.05, 4.69) is 43.0 Å². The molecule has 2 N–H and O–H groups in total. The second-order valence-electron chi connectivity index (χ2n) is 4.46. The van der Waals surface area contributed by atoms with Crippen molar-refractivity contribution in [3.63, 3.8) is 0 Å². The van der Waals surface area contributed by atoms with Gasteiger partial charge in [0.15, 0.2) is 5.96 Å². The van der Waals surface area contributed by atoms with Crippen molar-refractivity contribution in [2.75, 3.05) is 26.2 Å². The lowest BCUT2D eigenvalue weighted by Crippen LogP contribution is -2.37. The molecular weight excluding hydrogens is 226 g/mol. The zero-order valence-corrected chi connectivity index (χ0v) is 12.3. The van der Waals surface area contributed by atoms with Gasteiger partial charge in [-0.05, 0) is 26.2 Å². The molecule has 0 saturated carbocycles. The van der Waals surface area contributed by atoms with E-state index in [1.807, 2.05) is 13.0 Å². The van der Waals surface area contributed by atoms with Gasteiger partial charge >= 0.3 is 0 Å². The lowest BCUT2D eigenvalue weighted by molar-refractivity contribution is 0.0266. The average molecular weight is 255 g/mol. The van der Waals surface area contributed by atoms with Crippen LogP contribution in [0.25, 0.3) is 0 Å². The number of aliphatic imine (C=N–C) groups is 1. The molecule has 0 aromatic heterocycles. The summed E-state index contributed by atoms with van der Waals surface area (Å²) < 4.78 is 5.70. The van der Waals surface area contributed by atoms with Crippen molar-refractivity contribution in [3.05, 3.63) is 12.7 Å². The maximum absolute atomic E-state index is 5.70. The topological polar surface area (TPSA) is 45.7 Å². The van der Waals surface area contributed by atoms with Gasteiger partial charge in [0.1, 0.15) is 0 Å². The van der Waals surface area contributed by atoms with Gasteiger partial charge in [0.05, 0.1) is 6.10 Å². The molecule has 106 valence electrons. The molecule has 0 aliphatic carbocycles. The van der Waals surface area contributed by atoms with Gasteiger partial charge in [-0.25, -0.2) is 0 Å². The van der Waals surface area contributed by atoms with Crippen LogP contribution in [0.15, 0.2) is 17.6 Å². The first-order valence-corrected chi connectivity index (χ1v) is 6.90. The standard InChI is InChI=1S/C14H29N3O/c1-6-10-16-14(15-7-2)17-11-9-13(12(4)5)18-8-3/h6,12-13H,1,7-11H2,2-5H3,(H2,15,16,17). The largest absolute Gasteiger partial charge is 0.378 e. The minimum Gasteiger partial charge on any atom is -0.378 e. The van der Waals surface area contributed by atoms with Crippen molar-refractivity contribution in [3.8, 4) is 0 Å². The van der Waals surface area contributed by atoms with E-state index in [0.717, 1.165) is 38.6 Å². The smallest absolute Gasteiger partial charge is 0.191 e. The molecule has 0 amide bonds. The summed E-state index contributed by atoms with van der Waals surface area (Å²) in [6.07, 6.45) is 3.07. The van der Waals surface area contributed by atoms with Crippen LogP contribution in [-0.4, -0.2) is 38.3 Å². The number of hydrogen-bond acceptors (Lipinski definition) is 2. The van der Waals surface area contributed by atoms with Crippen LogP contribution in [0.4, 0.5) is 0 Å². The molecule has 0 aromatic carbocycles. The van der Waals surface area contributed by atoms with Crippen LogP contribution in [0, 0.1) is 5.92 Å². The van der Waals surface area contributed by atoms with Gasteiger partial charge in [-0.1, -0.05) is 19.9 Å². The fraction of sp³-hybridized carbons (Fsp3) is 0.786. The van der Waals surface area contributed by atoms with Gasteiger partial charge in [-0.3, -0.25) is 4.99 Å². The van der Waals surface area contributed by atoms with E-state index in [1.165, 1.54) is 0 Å². The van der Waals surface area contributed by atoms with E-state index in [1.54, 1.807) is 0 Å². The molecule has 0 spiro atoms. The Bertz CT molecular complexity index is 239. The molecular formula is C14H29N3O. The van der Waals surface area contributed by atoms with E-state index >= 15 is 0 Å². The molecule has 0 fully saturated rings. The third-order valence-corrected chi connectivity index (χ3v) is 2.57. The van der Waals surface area contributed by atoms with Gasteiger partial charge in [-0.15, -0.1) is 6.58 Å². The summed E-state index contributed by atoms with van der Waals surface area (Å²) in [7, 11) is 0. The molecule has 1 atom stereocenters. The van der Waals surface area contributed by atoms with E-state index in [0.29, 0.717) is 12.0 Å². The highest BCUT2D eigenvalue weighted by Gasteiger charge is 2.12. The SMILES string of the molecule is C=CCNC(=NCCC(OCC)C(C)C)NCC. The zero-order chi connectivity index (χ0) is 13.8.